The van der Waals surface area contributed by atoms with Crippen molar-refractivity contribution >= 4 is 17.2 Å². The van der Waals surface area contributed by atoms with Gasteiger partial charge in [0.25, 0.3) is 0 Å². The second kappa shape index (κ2) is 9.11. The summed E-state index contributed by atoms with van der Waals surface area (Å²) in [6.45, 7) is 4.20. The maximum absolute atomic E-state index is 13.4. The molecule has 0 spiro atoms. The highest BCUT2D eigenvalue weighted by atomic mass is 16.1. The molecule has 0 unspecified atom stereocenters. The Labute approximate surface area is 189 Å². The first-order valence-electron chi connectivity index (χ1n) is 11.0. The molecule has 160 valence electrons. The second-order valence-electron chi connectivity index (χ2n) is 7.95. The Morgan fingerprint density at radius 1 is 0.594 bits per heavy atom. The lowest BCUT2D eigenvalue weighted by Crippen LogP contribution is -2.05. The number of carbonyl (C=O) groups excluding carboxylic acids is 1. The number of nitrogen functional groups attached to an aromatic ring is 2. The summed E-state index contributed by atoms with van der Waals surface area (Å²) in [6, 6.07) is 27.5. The number of ketones is 1. The van der Waals surface area contributed by atoms with Crippen molar-refractivity contribution in [1.29, 1.82) is 0 Å². The zero-order valence-electron chi connectivity index (χ0n) is 18.6. The van der Waals surface area contributed by atoms with E-state index in [1.165, 1.54) is 0 Å². The number of anilines is 2. The number of carbonyl (C=O) groups is 1. The summed E-state index contributed by atoms with van der Waals surface area (Å²) in [5.41, 5.74) is 21.6. The Kier molecular flexibility index (Phi) is 6.09. The number of nitrogens with two attached hydrogens (primary N) is 2. The minimum Gasteiger partial charge on any atom is -0.398 e. The molecule has 32 heavy (non-hydrogen) atoms. The molecular formula is C29H28N2O. The second-order valence-corrected chi connectivity index (χ2v) is 7.95. The summed E-state index contributed by atoms with van der Waals surface area (Å²) < 4.78 is 0. The fourth-order valence-electron chi connectivity index (χ4n) is 4.23. The lowest BCUT2D eigenvalue weighted by molar-refractivity contribution is 0.103. The van der Waals surface area contributed by atoms with E-state index < -0.39 is 0 Å². The van der Waals surface area contributed by atoms with Gasteiger partial charge >= 0.3 is 0 Å². The molecule has 0 atom stereocenters. The first-order valence-corrected chi connectivity index (χ1v) is 11.0. The average Bonchev–Trinajstić information content (AvgIpc) is 2.83. The van der Waals surface area contributed by atoms with Gasteiger partial charge in [0, 0.05) is 33.6 Å². The number of hydrogen-bond donors (Lipinski definition) is 2. The molecule has 4 aromatic rings. The smallest absolute Gasteiger partial charge is 0.193 e. The Bertz CT molecular complexity index is 1190. The predicted octanol–water partition coefficient (Wildman–Crippen LogP) is 6.54. The van der Waals surface area contributed by atoms with Crippen molar-refractivity contribution in [3.8, 4) is 22.3 Å². The number of para-hydroxylation sites is 2. The molecule has 4 aromatic carbocycles. The molecular weight excluding hydrogens is 392 g/mol. The van der Waals surface area contributed by atoms with Gasteiger partial charge in [-0.25, -0.2) is 0 Å². The zero-order valence-corrected chi connectivity index (χ0v) is 18.6. The third-order valence-corrected chi connectivity index (χ3v) is 6.00. The number of benzene rings is 4. The largest absolute Gasteiger partial charge is 0.398 e. The van der Waals surface area contributed by atoms with Gasteiger partial charge in [-0.3, -0.25) is 4.79 Å². The Morgan fingerprint density at radius 3 is 1.38 bits per heavy atom. The molecule has 0 amide bonds. The van der Waals surface area contributed by atoms with Gasteiger partial charge < -0.3 is 11.5 Å². The summed E-state index contributed by atoms with van der Waals surface area (Å²) in [5.74, 6) is 0.0227. The quantitative estimate of drug-likeness (QED) is 0.275. The first kappa shape index (κ1) is 21.4. The van der Waals surface area contributed by atoms with Crippen molar-refractivity contribution in [2.45, 2.75) is 26.7 Å². The number of aryl methyl sites for hydroxylation is 2. The van der Waals surface area contributed by atoms with Crippen LogP contribution in [0.25, 0.3) is 22.3 Å². The third kappa shape index (κ3) is 4.02. The molecule has 0 aliphatic carbocycles. The molecule has 0 heterocycles. The molecule has 3 heteroatoms. The number of hydrogen-bond acceptors (Lipinski definition) is 3. The third-order valence-electron chi connectivity index (χ3n) is 6.00. The van der Waals surface area contributed by atoms with Gasteiger partial charge in [0.1, 0.15) is 0 Å². The minimum absolute atomic E-state index is 0.0227. The lowest BCUT2D eigenvalue weighted by atomic mass is 9.90. The maximum Gasteiger partial charge on any atom is 0.193 e. The SMILES string of the molecule is CCc1cc(C(=O)c2ccc(-c3ccccc3N)c(CC)c2)ccc1-c1ccccc1N. The van der Waals surface area contributed by atoms with Crippen molar-refractivity contribution in [2.75, 3.05) is 11.5 Å². The zero-order chi connectivity index (χ0) is 22.7. The molecule has 4 N–H and O–H groups in total. The van der Waals surface area contributed by atoms with E-state index in [0.717, 1.165) is 57.6 Å². The summed E-state index contributed by atoms with van der Waals surface area (Å²) in [6.07, 6.45) is 1.63. The van der Waals surface area contributed by atoms with Gasteiger partial charge in [0.2, 0.25) is 0 Å². The molecule has 0 aliphatic heterocycles. The van der Waals surface area contributed by atoms with E-state index >= 15 is 0 Å². The van der Waals surface area contributed by atoms with E-state index in [1.807, 2.05) is 84.9 Å². The molecule has 0 aliphatic rings. The van der Waals surface area contributed by atoms with E-state index in [1.54, 1.807) is 0 Å². The van der Waals surface area contributed by atoms with Crippen LogP contribution in [-0.2, 0) is 12.8 Å². The normalized spacial score (nSPS) is 10.8. The van der Waals surface area contributed by atoms with Crippen molar-refractivity contribution < 1.29 is 4.79 Å². The van der Waals surface area contributed by atoms with Crippen LogP contribution >= 0.6 is 0 Å². The molecule has 3 nitrogen and oxygen atoms in total. The summed E-state index contributed by atoms with van der Waals surface area (Å²) in [7, 11) is 0. The molecule has 0 bridgehead atoms. The van der Waals surface area contributed by atoms with E-state index in [2.05, 4.69) is 13.8 Å². The van der Waals surface area contributed by atoms with E-state index in [-0.39, 0.29) is 5.78 Å². The Balaban J connectivity index is 1.72. The van der Waals surface area contributed by atoms with Crippen molar-refractivity contribution in [3.05, 3.63) is 107 Å². The monoisotopic (exact) mass is 420 g/mol. The van der Waals surface area contributed by atoms with Crippen LogP contribution in [0.2, 0.25) is 0 Å². The summed E-state index contributed by atoms with van der Waals surface area (Å²) in [4.78, 5) is 13.4. The summed E-state index contributed by atoms with van der Waals surface area (Å²) in [5, 5.41) is 0. The van der Waals surface area contributed by atoms with Crippen LogP contribution in [0.4, 0.5) is 11.4 Å². The van der Waals surface area contributed by atoms with E-state index in [4.69, 9.17) is 11.5 Å². The molecule has 0 saturated heterocycles. The van der Waals surface area contributed by atoms with Crippen molar-refractivity contribution in [1.82, 2.24) is 0 Å². The fourth-order valence-corrected chi connectivity index (χ4v) is 4.23. The molecule has 0 aromatic heterocycles. The predicted molar refractivity (Wildman–Crippen MR) is 135 cm³/mol. The lowest BCUT2D eigenvalue weighted by Gasteiger charge is -2.14. The van der Waals surface area contributed by atoms with Crippen LogP contribution in [0.1, 0.15) is 40.9 Å². The van der Waals surface area contributed by atoms with Crippen LogP contribution in [0.5, 0.6) is 0 Å². The van der Waals surface area contributed by atoms with Gasteiger partial charge in [-0.1, -0.05) is 74.5 Å². The molecule has 0 radical (unpaired) electrons. The van der Waals surface area contributed by atoms with Crippen LogP contribution < -0.4 is 11.5 Å². The number of rotatable bonds is 6. The molecule has 0 saturated carbocycles. The topological polar surface area (TPSA) is 69.1 Å². The Hall–Kier alpha value is -3.85. The summed E-state index contributed by atoms with van der Waals surface area (Å²) >= 11 is 0. The minimum atomic E-state index is 0.0227. The molecule has 0 fully saturated rings. The van der Waals surface area contributed by atoms with Gasteiger partial charge in [0.05, 0.1) is 0 Å². The van der Waals surface area contributed by atoms with E-state index in [9.17, 15) is 4.79 Å². The van der Waals surface area contributed by atoms with Crippen molar-refractivity contribution in [2.24, 2.45) is 0 Å². The standard InChI is InChI=1S/C29H28N2O/c1-3-19-17-21(13-15-23(19)25-9-5-7-11-27(25)30)29(32)22-14-16-24(20(4-2)18-22)26-10-6-8-12-28(26)31/h5-18H,3-4,30-31H2,1-2H3. The van der Waals surface area contributed by atoms with Crippen LogP contribution in [0.3, 0.4) is 0 Å². The highest BCUT2D eigenvalue weighted by molar-refractivity contribution is 6.10. The van der Waals surface area contributed by atoms with Crippen molar-refractivity contribution in [3.63, 3.8) is 0 Å². The van der Waals surface area contributed by atoms with Gasteiger partial charge in [-0.05, 0) is 59.4 Å². The highest BCUT2D eigenvalue weighted by Crippen LogP contribution is 2.32. The van der Waals surface area contributed by atoms with Gasteiger partial charge in [-0.2, -0.15) is 0 Å². The van der Waals surface area contributed by atoms with Gasteiger partial charge in [0.15, 0.2) is 5.78 Å². The molecule has 4 rings (SSSR count). The highest BCUT2D eigenvalue weighted by Gasteiger charge is 2.16. The fraction of sp³-hybridized carbons (Fsp3) is 0.138. The Morgan fingerprint density at radius 2 is 1.00 bits per heavy atom. The maximum atomic E-state index is 13.4. The van der Waals surface area contributed by atoms with E-state index in [0.29, 0.717) is 11.1 Å². The first-order chi connectivity index (χ1) is 15.5. The van der Waals surface area contributed by atoms with Crippen LogP contribution in [0.15, 0.2) is 84.9 Å². The van der Waals surface area contributed by atoms with Crippen LogP contribution in [-0.4, -0.2) is 5.78 Å². The average molecular weight is 421 g/mol. The van der Waals surface area contributed by atoms with Gasteiger partial charge in [-0.15, -0.1) is 0 Å². The van der Waals surface area contributed by atoms with Crippen LogP contribution in [0, 0.1) is 0 Å².